The van der Waals surface area contributed by atoms with E-state index in [9.17, 15) is 0 Å². The van der Waals surface area contributed by atoms with E-state index in [4.69, 9.17) is 9.72 Å². The van der Waals surface area contributed by atoms with Crippen LogP contribution in [0.3, 0.4) is 0 Å². The third-order valence-corrected chi connectivity index (χ3v) is 5.09. The second-order valence-corrected chi connectivity index (χ2v) is 6.19. The van der Waals surface area contributed by atoms with Gasteiger partial charge in [0.2, 0.25) is 0 Å². The molecule has 1 N–H and O–H groups in total. The van der Waals surface area contributed by atoms with Crippen molar-refractivity contribution in [1.82, 2.24) is 10.3 Å². The van der Waals surface area contributed by atoms with Gasteiger partial charge in [-0.1, -0.05) is 18.2 Å². The summed E-state index contributed by atoms with van der Waals surface area (Å²) < 4.78 is 5.74. The summed E-state index contributed by atoms with van der Waals surface area (Å²) in [5.41, 5.74) is 2.61. The van der Waals surface area contributed by atoms with Crippen molar-refractivity contribution in [1.29, 1.82) is 0 Å². The summed E-state index contributed by atoms with van der Waals surface area (Å²) in [5, 5.41) is 4.69. The summed E-state index contributed by atoms with van der Waals surface area (Å²) in [5.74, 6) is 1.45. The molecule has 3 heterocycles. The molecule has 1 unspecified atom stereocenters. The molecule has 2 aliphatic rings. The normalized spacial score (nSPS) is 21.4. The third-order valence-electron chi connectivity index (χ3n) is 3.88. The van der Waals surface area contributed by atoms with Gasteiger partial charge in [-0.3, -0.25) is 0 Å². The van der Waals surface area contributed by atoms with E-state index in [1.165, 1.54) is 21.1 Å². The highest BCUT2D eigenvalue weighted by atomic mass is 32.1. The van der Waals surface area contributed by atoms with Crippen LogP contribution < -0.4 is 10.1 Å². The van der Waals surface area contributed by atoms with Gasteiger partial charge in [-0.2, -0.15) is 0 Å². The average molecular weight is 272 g/mol. The molecule has 2 aliphatic heterocycles. The van der Waals surface area contributed by atoms with Crippen LogP contribution in [0.2, 0.25) is 0 Å². The molecule has 4 rings (SSSR count). The zero-order valence-electron chi connectivity index (χ0n) is 10.7. The van der Waals surface area contributed by atoms with E-state index in [-0.39, 0.29) is 0 Å². The fourth-order valence-electron chi connectivity index (χ4n) is 2.89. The summed E-state index contributed by atoms with van der Waals surface area (Å²) in [6.45, 7) is 2.84. The van der Waals surface area contributed by atoms with E-state index in [1.807, 2.05) is 17.4 Å². The number of benzene rings is 1. The van der Waals surface area contributed by atoms with Gasteiger partial charge in [-0.25, -0.2) is 4.98 Å². The van der Waals surface area contributed by atoms with E-state index in [0.717, 1.165) is 38.3 Å². The van der Waals surface area contributed by atoms with Crippen LogP contribution >= 0.6 is 11.3 Å². The van der Waals surface area contributed by atoms with Gasteiger partial charge in [0.15, 0.2) is 0 Å². The molecule has 4 heteroatoms. The molecule has 1 atom stereocenters. The van der Waals surface area contributed by atoms with Crippen molar-refractivity contribution >= 4 is 11.3 Å². The molecule has 3 nitrogen and oxygen atoms in total. The van der Waals surface area contributed by atoms with E-state index in [2.05, 4.69) is 23.5 Å². The largest absolute Gasteiger partial charge is 0.493 e. The summed E-state index contributed by atoms with van der Waals surface area (Å²) in [6.07, 6.45) is 2.10. The maximum Gasteiger partial charge on any atom is 0.123 e. The summed E-state index contributed by atoms with van der Waals surface area (Å²) in [4.78, 5) is 6.32. The molecule has 1 aromatic heterocycles. The molecule has 0 fully saturated rings. The van der Waals surface area contributed by atoms with Crippen LogP contribution in [0.25, 0.3) is 0 Å². The van der Waals surface area contributed by atoms with Crippen LogP contribution in [0.5, 0.6) is 5.75 Å². The molecule has 19 heavy (non-hydrogen) atoms. The quantitative estimate of drug-likeness (QED) is 0.866. The Morgan fingerprint density at radius 1 is 1.32 bits per heavy atom. The lowest BCUT2D eigenvalue weighted by Crippen LogP contribution is -2.22. The van der Waals surface area contributed by atoms with Crippen molar-refractivity contribution in [3.63, 3.8) is 0 Å². The van der Waals surface area contributed by atoms with Gasteiger partial charge in [0, 0.05) is 35.9 Å². The molecular formula is C15H16N2OS. The van der Waals surface area contributed by atoms with Gasteiger partial charge >= 0.3 is 0 Å². The molecule has 0 amide bonds. The topological polar surface area (TPSA) is 34.1 Å². The first kappa shape index (κ1) is 11.4. The molecule has 0 bridgehead atoms. The van der Waals surface area contributed by atoms with Crippen LogP contribution in [0.15, 0.2) is 24.3 Å². The molecule has 0 spiro atoms. The number of thiazole rings is 1. The van der Waals surface area contributed by atoms with Gasteiger partial charge in [-0.15, -0.1) is 11.3 Å². The van der Waals surface area contributed by atoms with Gasteiger partial charge in [-0.05, 0) is 12.5 Å². The fraction of sp³-hybridized carbons (Fsp3) is 0.400. The van der Waals surface area contributed by atoms with Crippen LogP contribution in [0.1, 0.15) is 33.5 Å². The highest BCUT2D eigenvalue weighted by Crippen LogP contribution is 2.40. The van der Waals surface area contributed by atoms with Gasteiger partial charge in [0.05, 0.1) is 12.3 Å². The Labute approximate surface area is 116 Å². The number of ether oxygens (including phenoxy) is 1. The van der Waals surface area contributed by atoms with Crippen LogP contribution in [0, 0.1) is 0 Å². The van der Waals surface area contributed by atoms with Crippen LogP contribution in [-0.4, -0.2) is 18.1 Å². The second kappa shape index (κ2) is 4.62. The number of rotatable bonds is 1. The minimum atomic E-state index is 0.417. The first-order valence-corrected chi connectivity index (χ1v) is 7.64. The number of aromatic nitrogens is 1. The predicted octanol–water partition coefficient (Wildman–Crippen LogP) is 2.70. The highest BCUT2D eigenvalue weighted by molar-refractivity contribution is 7.11. The monoisotopic (exact) mass is 272 g/mol. The molecule has 98 valence electrons. The van der Waals surface area contributed by atoms with Crippen LogP contribution in [-0.2, 0) is 13.0 Å². The molecule has 0 aliphatic carbocycles. The Morgan fingerprint density at radius 2 is 2.26 bits per heavy atom. The Hall–Kier alpha value is -1.39. The lowest BCUT2D eigenvalue weighted by Gasteiger charge is -2.24. The first-order chi connectivity index (χ1) is 9.42. The number of nitrogens with one attached hydrogen (secondary N) is 1. The Balaban J connectivity index is 1.75. The Morgan fingerprint density at radius 3 is 3.21 bits per heavy atom. The third kappa shape index (κ3) is 1.95. The molecule has 2 aromatic rings. The summed E-state index contributed by atoms with van der Waals surface area (Å²) >= 11 is 1.88. The standard InChI is InChI=1S/C15H16N2OS/c1-2-4-13-10(3-1)11(6-8-18-13)15-17-12-5-7-16-9-14(12)19-15/h1-4,11,16H,5-9H2. The van der Waals surface area contributed by atoms with Gasteiger partial charge in [0.1, 0.15) is 10.8 Å². The molecule has 0 saturated carbocycles. The smallest absolute Gasteiger partial charge is 0.123 e. The highest BCUT2D eigenvalue weighted by Gasteiger charge is 2.27. The van der Waals surface area contributed by atoms with Crippen molar-refractivity contribution in [2.24, 2.45) is 0 Å². The maximum absolute atomic E-state index is 5.74. The van der Waals surface area contributed by atoms with Crippen molar-refractivity contribution in [3.05, 3.63) is 45.4 Å². The van der Waals surface area contributed by atoms with Crippen molar-refractivity contribution < 1.29 is 4.74 Å². The Kier molecular flexibility index (Phi) is 2.78. The maximum atomic E-state index is 5.74. The minimum absolute atomic E-state index is 0.417. The second-order valence-electron chi connectivity index (χ2n) is 5.08. The van der Waals surface area contributed by atoms with Crippen LogP contribution in [0.4, 0.5) is 0 Å². The number of hydrogen-bond donors (Lipinski definition) is 1. The van der Waals surface area contributed by atoms with Crippen molar-refractivity contribution in [2.45, 2.75) is 25.3 Å². The van der Waals surface area contributed by atoms with Gasteiger partial charge < -0.3 is 10.1 Å². The van der Waals surface area contributed by atoms with E-state index < -0.39 is 0 Å². The molecule has 0 saturated heterocycles. The summed E-state index contributed by atoms with van der Waals surface area (Å²) in [6, 6.07) is 8.38. The zero-order valence-corrected chi connectivity index (χ0v) is 11.5. The first-order valence-electron chi connectivity index (χ1n) is 6.83. The SMILES string of the molecule is c1ccc2c(c1)OCCC2c1nc2c(s1)CNCC2. The fourth-order valence-corrected chi connectivity index (χ4v) is 4.13. The molecular weight excluding hydrogens is 256 g/mol. The van der Waals surface area contributed by atoms with Gasteiger partial charge in [0.25, 0.3) is 0 Å². The number of nitrogens with zero attached hydrogens (tertiary/aromatic N) is 1. The predicted molar refractivity (Wildman–Crippen MR) is 75.9 cm³/mol. The number of hydrogen-bond acceptors (Lipinski definition) is 4. The van der Waals surface area contributed by atoms with E-state index in [0.29, 0.717) is 5.92 Å². The minimum Gasteiger partial charge on any atom is -0.493 e. The molecule has 1 aromatic carbocycles. The van der Waals surface area contributed by atoms with E-state index in [1.54, 1.807) is 0 Å². The lowest BCUT2D eigenvalue weighted by atomic mass is 9.94. The Bertz CT molecular complexity index is 584. The average Bonchev–Trinajstić information content (AvgIpc) is 2.90. The van der Waals surface area contributed by atoms with Crippen molar-refractivity contribution in [2.75, 3.05) is 13.2 Å². The summed E-state index contributed by atoms with van der Waals surface area (Å²) in [7, 11) is 0. The number of para-hydroxylation sites is 1. The lowest BCUT2D eigenvalue weighted by molar-refractivity contribution is 0.277. The number of fused-ring (bicyclic) bond motifs is 2. The zero-order chi connectivity index (χ0) is 12.7. The van der Waals surface area contributed by atoms with E-state index >= 15 is 0 Å². The van der Waals surface area contributed by atoms with Crippen molar-refractivity contribution in [3.8, 4) is 5.75 Å². The molecule has 0 radical (unpaired) electrons.